The minimum Gasteiger partial charge on any atom is -0.295 e. The van der Waals surface area contributed by atoms with E-state index < -0.39 is 28.7 Å². The monoisotopic (exact) mass is 373 g/mol. The Balaban J connectivity index is 2.09. The number of hydrogen-bond acceptors (Lipinski definition) is 2. The van der Waals surface area contributed by atoms with Gasteiger partial charge in [0, 0.05) is 0 Å². The van der Waals surface area contributed by atoms with Crippen molar-refractivity contribution in [2.75, 3.05) is 10.7 Å². The maximum atomic E-state index is 13.7. The summed E-state index contributed by atoms with van der Waals surface area (Å²) in [5.41, 5.74) is -0.266. The van der Waals surface area contributed by atoms with Gasteiger partial charge in [0.25, 0.3) is 0 Å². The summed E-state index contributed by atoms with van der Waals surface area (Å²) in [5, 5.41) is -0.857. The Kier molecular flexibility index (Phi) is 4.49. The molecule has 3 rings (SSSR count). The molecule has 2 nitrogen and oxygen atoms in total. The van der Waals surface area contributed by atoms with Gasteiger partial charge in [0.2, 0.25) is 5.91 Å². The number of rotatable bonds is 2. The van der Waals surface area contributed by atoms with Crippen LogP contribution in [0.3, 0.4) is 0 Å². The van der Waals surface area contributed by atoms with Crippen molar-refractivity contribution >= 4 is 23.4 Å². The van der Waals surface area contributed by atoms with Crippen molar-refractivity contribution in [3.63, 3.8) is 0 Å². The van der Waals surface area contributed by atoms with Crippen LogP contribution >= 0.6 is 11.8 Å². The molecule has 0 bridgehead atoms. The van der Waals surface area contributed by atoms with Crippen LogP contribution in [0.4, 0.5) is 27.6 Å². The number of nitrogens with zero attached hydrogens (tertiary/aromatic N) is 1. The third kappa shape index (κ3) is 3.49. The summed E-state index contributed by atoms with van der Waals surface area (Å²) in [5.74, 6) is -1.97. The molecule has 0 aromatic heterocycles. The molecule has 1 saturated heterocycles. The predicted octanol–water partition coefficient (Wildman–Crippen LogP) is 5.07. The first-order valence-corrected chi connectivity index (χ1v) is 8.29. The average molecular weight is 373 g/mol. The molecule has 1 heterocycles. The SMILES string of the molecule is Cc1ccc(F)cc1N1C(=O)CSC1c1cc(F)cc(C(F)(F)F)c1. The third-order valence-electron chi connectivity index (χ3n) is 3.83. The Morgan fingerprint density at radius 3 is 2.48 bits per heavy atom. The zero-order chi connectivity index (χ0) is 18.4. The molecule has 132 valence electrons. The molecule has 1 unspecified atom stereocenters. The molecule has 2 aromatic rings. The summed E-state index contributed by atoms with van der Waals surface area (Å²) in [6, 6.07) is 6.04. The molecule has 0 radical (unpaired) electrons. The number of carbonyl (C=O) groups is 1. The molecule has 25 heavy (non-hydrogen) atoms. The van der Waals surface area contributed by atoms with Crippen molar-refractivity contribution in [1.82, 2.24) is 0 Å². The number of anilines is 1. The number of alkyl halides is 3. The van der Waals surface area contributed by atoms with E-state index in [9.17, 15) is 26.7 Å². The lowest BCUT2D eigenvalue weighted by Crippen LogP contribution is -2.29. The van der Waals surface area contributed by atoms with Crippen LogP contribution in [0.15, 0.2) is 36.4 Å². The minimum atomic E-state index is -4.70. The van der Waals surface area contributed by atoms with E-state index in [4.69, 9.17) is 0 Å². The maximum Gasteiger partial charge on any atom is 0.416 e. The van der Waals surface area contributed by atoms with Gasteiger partial charge in [0.05, 0.1) is 17.0 Å². The van der Waals surface area contributed by atoms with E-state index in [0.29, 0.717) is 11.6 Å². The average Bonchev–Trinajstić information content (AvgIpc) is 2.90. The van der Waals surface area contributed by atoms with E-state index in [-0.39, 0.29) is 22.9 Å². The van der Waals surface area contributed by atoms with Gasteiger partial charge in [-0.15, -0.1) is 11.8 Å². The molecular weight excluding hydrogens is 361 g/mol. The van der Waals surface area contributed by atoms with E-state index in [2.05, 4.69) is 0 Å². The number of thioether (sulfide) groups is 1. The second-order valence-corrected chi connectivity index (χ2v) is 6.70. The normalized spacial score (nSPS) is 18.1. The topological polar surface area (TPSA) is 20.3 Å². The van der Waals surface area contributed by atoms with Crippen molar-refractivity contribution in [3.05, 3.63) is 64.7 Å². The fraction of sp³-hybridized carbons (Fsp3) is 0.235. The lowest BCUT2D eigenvalue weighted by molar-refractivity contribution is -0.137. The quantitative estimate of drug-likeness (QED) is 0.685. The van der Waals surface area contributed by atoms with Crippen molar-refractivity contribution in [2.24, 2.45) is 0 Å². The summed E-state index contributed by atoms with van der Waals surface area (Å²) in [6.07, 6.45) is -4.70. The van der Waals surface area contributed by atoms with Crippen LogP contribution in [0.1, 0.15) is 22.1 Å². The Morgan fingerprint density at radius 1 is 1.08 bits per heavy atom. The minimum absolute atomic E-state index is 0.00633. The Hall–Kier alpha value is -2.09. The number of benzene rings is 2. The summed E-state index contributed by atoms with van der Waals surface area (Å²) in [4.78, 5) is 13.5. The summed E-state index contributed by atoms with van der Waals surface area (Å²) in [6.45, 7) is 1.66. The van der Waals surface area contributed by atoms with Gasteiger partial charge in [0.15, 0.2) is 0 Å². The Labute approximate surface area is 144 Å². The van der Waals surface area contributed by atoms with Gasteiger partial charge < -0.3 is 0 Å². The predicted molar refractivity (Wildman–Crippen MR) is 85.2 cm³/mol. The van der Waals surface area contributed by atoms with Gasteiger partial charge >= 0.3 is 6.18 Å². The molecule has 1 aliphatic heterocycles. The van der Waals surface area contributed by atoms with E-state index in [1.807, 2.05) is 0 Å². The summed E-state index contributed by atoms with van der Waals surface area (Å²) in [7, 11) is 0. The van der Waals surface area contributed by atoms with Crippen molar-refractivity contribution in [2.45, 2.75) is 18.5 Å². The first-order valence-electron chi connectivity index (χ1n) is 7.24. The molecule has 0 N–H and O–H groups in total. The molecule has 0 aliphatic carbocycles. The van der Waals surface area contributed by atoms with Gasteiger partial charge in [0.1, 0.15) is 17.0 Å². The zero-order valence-corrected chi connectivity index (χ0v) is 13.7. The van der Waals surface area contributed by atoms with Crippen LogP contribution in [0.5, 0.6) is 0 Å². The lowest BCUT2D eigenvalue weighted by Gasteiger charge is -2.26. The number of halogens is 5. The highest BCUT2D eigenvalue weighted by molar-refractivity contribution is 8.00. The van der Waals surface area contributed by atoms with E-state index in [1.165, 1.54) is 17.0 Å². The van der Waals surface area contributed by atoms with Crippen LogP contribution in [-0.4, -0.2) is 11.7 Å². The molecule has 1 atom stereocenters. The fourth-order valence-electron chi connectivity index (χ4n) is 2.69. The first-order chi connectivity index (χ1) is 11.7. The number of hydrogen-bond donors (Lipinski definition) is 0. The summed E-state index contributed by atoms with van der Waals surface area (Å²) < 4.78 is 66.1. The highest BCUT2D eigenvalue weighted by Gasteiger charge is 2.37. The van der Waals surface area contributed by atoms with Gasteiger partial charge in [-0.05, 0) is 48.4 Å². The highest BCUT2D eigenvalue weighted by Crippen LogP contribution is 2.44. The molecule has 1 fully saturated rings. The highest BCUT2D eigenvalue weighted by atomic mass is 32.2. The number of aryl methyl sites for hydroxylation is 1. The van der Waals surface area contributed by atoms with Gasteiger partial charge in [-0.2, -0.15) is 13.2 Å². The second kappa shape index (κ2) is 6.33. The molecule has 1 aliphatic rings. The van der Waals surface area contributed by atoms with E-state index >= 15 is 0 Å². The van der Waals surface area contributed by atoms with E-state index in [1.54, 1.807) is 6.92 Å². The van der Waals surface area contributed by atoms with Crippen molar-refractivity contribution in [3.8, 4) is 0 Å². The molecule has 8 heteroatoms. The molecule has 0 saturated carbocycles. The van der Waals surface area contributed by atoms with Crippen molar-refractivity contribution < 1.29 is 26.7 Å². The second-order valence-electron chi connectivity index (χ2n) is 5.63. The number of carbonyl (C=O) groups excluding carboxylic acids is 1. The van der Waals surface area contributed by atoms with Gasteiger partial charge in [-0.3, -0.25) is 9.69 Å². The number of amides is 1. The summed E-state index contributed by atoms with van der Waals surface area (Å²) >= 11 is 1.07. The maximum absolute atomic E-state index is 13.7. The lowest BCUT2D eigenvalue weighted by atomic mass is 10.1. The first kappa shape index (κ1) is 17.7. The molecule has 0 spiro atoms. The fourth-order valence-corrected chi connectivity index (χ4v) is 3.84. The van der Waals surface area contributed by atoms with Crippen LogP contribution < -0.4 is 4.90 Å². The van der Waals surface area contributed by atoms with Gasteiger partial charge in [-0.1, -0.05) is 6.07 Å². The van der Waals surface area contributed by atoms with E-state index in [0.717, 1.165) is 30.0 Å². The standard InChI is InChI=1S/C17H12F5NOS/c1-9-2-3-12(18)7-14(9)23-15(24)8-25-16(23)10-4-11(17(20,21)22)6-13(19)5-10/h2-7,16H,8H2,1H3. The smallest absolute Gasteiger partial charge is 0.295 e. The Morgan fingerprint density at radius 2 is 1.80 bits per heavy atom. The van der Waals surface area contributed by atoms with Crippen LogP contribution in [0.2, 0.25) is 0 Å². The van der Waals surface area contributed by atoms with Crippen LogP contribution in [0.25, 0.3) is 0 Å². The molecule has 1 amide bonds. The zero-order valence-electron chi connectivity index (χ0n) is 12.9. The van der Waals surface area contributed by atoms with Crippen LogP contribution in [0, 0.1) is 18.6 Å². The van der Waals surface area contributed by atoms with Crippen molar-refractivity contribution in [1.29, 1.82) is 0 Å². The largest absolute Gasteiger partial charge is 0.416 e. The molecule has 2 aromatic carbocycles. The van der Waals surface area contributed by atoms with Gasteiger partial charge in [-0.25, -0.2) is 8.78 Å². The molecular formula is C17H12F5NOS. The van der Waals surface area contributed by atoms with Crippen LogP contribution in [-0.2, 0) is 11.0 Å². The third-order valence-corrected chi connectivity index (χ3v) is 5.04. The Bertz CT molecular complexity index is 836.